The van der Waals surface area contributed by atoms with E-state index in [-0.39, 0.29) is 23.0 Å². The molecule has 2 rings (SSSR count). The highest BCUT2D eigenvalue weighted by Gasteiger charge is 2.30. The molecule has 0 aromatic carbocycles. The van der Waals surface area contributed by atoms with Crippen LogP contribution in [0.4, 0.5) is 0 Å². The minimum atomic E-state index is -0.421. The summed E-state index contributed by atoms with van der Waals surface area (Å²) in [5.74, 6) is -0.291. The van der Waals surface area contributed by atoms with Crippen LogP contribution in [0.5, 0.6) is 0 Å². The summed E-state index contributed by atoms with van der Waals surface area (Å²) in [6.07, 6.45) is 2.42. The van der Waals surface area contributed by atoms with Crippen molar-refractivity contribution in [2.75, 3.05) is 6.54 Å². The van der Waals surface area contributed by atoms with Crippen LogP contribution < -0.4 is 11.3 Å². The van der Waals surface area contributed by atoms with Gasteiger partial charge < -0.3 is 20.8 Å². The first-order valence-corrected chi connectivity index (χ1v) is 6.11. The highest BCUT2D eigenvalue weighted by molar-refractivity contribution is 5.97. The molecule has 0 bridgehead atoms. The third kappa shape index (κ3) is 2.75. The maximum absolute atomic E-state index is 12.3. The molecule has 1 aliphatic rings. The Morgan fingerprint density at radius 3 is 2.95 bits per heavy atom. The monoisotopic (exact) mass is 264 g/mol. The van der Waals surface area contributed by atoms with Crippen LogP contribution in [0.2, 0.25) is 0 Å². The number of nitrogens with two attached hydrogens (primary N) is 1. The van der Waals surface area contributed by atoms with E-state index in [9.17, 15) is 9.59 Å². The molecule has 102 valence electrons. The average molecular weight is 264 g/mol. The van der Waals surface area contributed by atoms with E-state index >= 15 is 0 Å². The number of nitrogens with one attached hydrogen (secondary N) is 1. The van der Waals surface area contributed by atoms with Crippen LogP contribution in [0.3, 0.4) is 0 Å². The number of oxime groups is 1. The van der Waals surface area contributed by atoms with Crippen LogP contribution in [0.1, 0.15) is 29.8 Å². The molecule has 0 spiro atoms. The smallest absolute Gasteiger partial charge is 0.270 e. The lowest BCUT2D eigenvalue weighted by molar-refractivity contribution is 0.0670. The number of likely N-dealkylation sites (tertiary alicyclic amines) is 1. The first-order valence-electron chi connectivity index (χ1n) is 6.11. The topological polar surface area (TPSA) is 112 Å². The number of rotatable bonds is 2. The number of aromatic nitrogens is 1. The predicted molar refractivity (Wildman–Crippen MR) is 69.1 cm³/mol. The van der Waals surface area contributed by atoms with Gasteiger partial charge in [0.1, 0.15) is 5.69 Å². The number of amidine groups is 1. The van der Waals surface area contributed by atoms with Gasteiger partial charge in [-0.15, -0.1) is 0 Å². The quantitative estimate of drug-likeness (QED) is 0.305. The number of amides is 1. The number of hydrogen-bond acceptors (Lipinski definition) is 4. The second kappa shape index (κ2) is 5.55. The van der Waals surface area contributed by atoms with Crippen molar-refractivity contribution in [2.24, 2.45) is 10.9 Å². The van der Waals surface area contributed by atoms with E-state index in [0.29, 0.717) is 13.0 Å². The molecule has 4 N–H and O–H groups in total. The molecule has 1 atom stereocenters. The molecule has 1 saturated heterocycles. The molecule has 2 heterocycles. The zero-order valence-electron chi connectivity index (χ0n) is 10.4. The molecule has 7 heteroatoms. The first-order chi connectivity index (χ1) is 9.13. The Morgan fingerprint density at radius 2 is 2.26 bits per heavy atom. The molecule has 1 aromatic rings. The van der Waals surface area contributed by atoms with E-state index in [1.165, 1.54) is 17.0 Å². The standard InChI is InChI=1S/C12H16N4O3/c13-11(15-19)9-5-1-2-7-16(9)12(18)8-4-3-6-10(17)14-8/h3-4,6,9,19H,1-2,5,7H2,(H2,13,15)(H,14,17). The van der Waals surface area contributed by atoms with E-state index < -0.39 is 6.04 Å². The fourth-order valence-electron chi connectivity index (χ4n) is 2.28. The van der Waals surface area contributed by atoms with Gasteiger partial charge in [0.05, 0.1) is 6.04 Å². The Bertz CT molecular complexity index is 552. The van der Waals surface area contributed by atoms with E-state index in [0.717, 1.165) is 12.8 Å². The van der Waals surface area contributed by atoms with Crippen molar-refractivity contribution < 1.29 is 10.0 Å². The molecule has 1 amide bonds. The minimum absolute atomic E-state index is 0.0197. The van der Waals surface area contributed by atoms with Gasteiger partial charge in [-0.3, -0.25) is 9.59 Å². The SMILES string of the molecule is N/C(=N/O)C1CCCCN1C(=O)c1cccc(=O)[nH]1. The lowest BCUT2D eigenvalue weighted by Crippen LogP contribution is -2.50. The Balaban J connectivity index is 2.27. The average Bonchev–Trinajstić information content (AvgIpc) is 2.45. The molecule has 1 aromatic heterocycles. The Labute approximate surface area is 109 Å². The van der Waals surface area contributed by atoms with Crippen molar-refractivity contribution in [1.82, 2.24) is 9.88 Å². The van der Waals surface area contributed by atoms with Crippen molar-refractivity contribution in [3.63, 3.8) is 0 Å². The van der Waals surface area contributed by atoms with Crippen molar-refractivity contribution in [2.45, 2.75) is 25.3 Å². The Morgan fingerprint density at radius 1 is 1.47 bits per heavy atom. The molecule has 0 radical (unpaired) electrons. The van der Waals surface area contributed by atoms with Gasteiger partial charge in [-0.05, 0) is 25.3 Å². The molecular formula is C12H16N4O3. The molecule has 0 aliphatic carbocycles. The van der Waals surface area contributed by atoms with Crippen molar-refractivity contribution in [3.05, 3.63) is 34.2 Å². The minimum Gasteiger partial charge on any atom is -0.409 e. The van der Waals surface area contributed by atoms with E-state index in [4.69, 9.17) is 10.9 Å². The maximum atomic E-state index is 12.3. The maximum Gasteiger partial charge on any atom is 0.270 e. The van der Waals surface area contributed by atoms with Crippen LogP contribution >= 0.6 is 0 Å². The van der Waals surface area contributed by atoms with Crippen molar-refractivity contribution >= 4 is 11.7 Å². The first kappa shape index (κ1) is 13.1. The normalized spacial score (nSPS) is 20.3. The number of carbonyl (C=O) groups is 1. The Kier molecular flexibility index (Phi) is 3.84. The third-order valence-corrected chi connectivity index (χ3v) is 3.22. The van der Waals surface area contributed by atoms with Gasteiger partial charge in [-0.25, -0.2) is 0 Å². The van der Waals surface area contributed by atoms with E-state index in [1.807, 2.05) is 0 Å². The molecule has 1 aliphatic heterocycles. The number of aromatic amines is 1. The molecule has 1 fully saturated rings. The largest absolute Gasteiger partial charge is 0.409 e. The second-order valence-electron chi connectivity index (χ2n) is 4.46. The predicted octanol–water partition coefficient (Wildman–Crippen LogP) is 0.116. The number of hydrogen-bond donors (Lipinski definition) is 3. The molecule has 1 unspecified atom stereocenters. The lowest BCUT2D eigenvalue weighted by Gasteiger charge is -2.34. The number of nitrogens with zero attached hydrogens (tertiary/aromatic N) is 2. The summed E-state index contributed by atoms with van der Waals surface area (Å²) in [6, 6.07) is 3.99. The summed E-state index contributed by atoms with van der Waals surface area (Å²) in [7, 11) is 0. The Hall–Kier alpha value is -2.31. The zero-order valence-corrected chi connectivity index (χ0v) is 10.4. The van der Waals surface area contributed by atoms with Gasteiger partial charge in [0.15, 0.2) is 5.84 Å². The van der Waals surface area contributed by atoms with Gasteiger partial charge >= 0.3 is 0 Å². The van der Waals surface area contributed by atoms with Crippen LogP contribution in [0, 0.1) is 0 Å². The lowest BCUT2D eigenvalue weighted by atomic mass is 10.0. The fraction of sp³-hybridized carbons (Fsp3) is 0.417. The molecule has 19 heavy (non-hydrogen) atoms. The highest BCUT2D eigenvalue weighted by atomic mass is 16.4. The number of carbonyl (C=O) groups excluding carboxylic acids is 1. The van der Waals surface area contributed by atoms with Crippen LogP contribution in [0.15, 0.2) is 28.1 Å². The summed E-state index contributed by atoms with van der Waals surface area (Å²) >= 11 is 0. The highest BCUT2D eigenvalue weighted by Crippen LogP contribution is 2.19. The van der Waals surface area contributed by atoms with Gasteiger partial charge in [0.25, 0.3) is 5.91 Å². The molecule has 7 nitrogen and oxygen atoms in total. The molecular weight excluding hydrogens is 248 g/mol. The summed E-state index contributed by atoms with van der Waals surface area (Å²) in [6.45, 7) is 0.524. The van der Waals surface area contributed by atoms with Gasteiger partial charge in [0, 0.05) is 12.6 Å². The number of pyridine rings is 1. The fourth-order valence-corrected chi connectivity index (χ4v) is 2.28. The van der Waals surface area contributed by atoms with Crippen molar-refractivity contribution in [3.8, 4) is 0 Å². The van der Waals surface area contributed by atoms with E-state index in [2.05, 4.69) is 10.1 Å². The van der Waals surface area contributed by atoms with Crippen molar-refractivity contribution in [1.29, 1.82) is 0 Å². The second-order valence-corrected chi connectivity index (χ2v) is 4.46. The van der Waals surface area contributed by atoms with Crippen LogP contribution in [-0.2, 0) is 0 Å². The number of H-pyrrole nitrogens is 1. The summed E-state index contributed by atoms with van der Waals surface area (Å²) in [4.78, 5) is 27.6. The van der Waals surface area contributed by atoms with Gasteiger partial charge in [0.2, 0.25) is 5.56 Å². The van der Waals surface area contributed by atoms with E-state index in [1.54, 1.807) is 6.07 Å². The zero-order chi connectivity index (χ0) is 13.8. The van der Waals surface area contributed by atoms with Crippen LogP contribution in [0.25, 0.3) is 0 Å². The summed E-state index contributed by atoms with van der Waals surface area (Å²) in [5.41, 5.74) is 5.50. The summed E-state index contributed by atoms with van der Waals surface area (Å²) < 4.78 is 0. The van der Waals surface area contributed by atoms with Crippen LogP contribution in [-0.4, -0.2) is 39.4 Å². The molecule has 0 saturated carbocycles. The third-order valence-electron chi connectivity index (χ3n) is 3.22. The van der Waals surface area contributed by atoms with Gasteiger partial charge in [-0.1, -0.05) is 11.2 Å². The van der Waals surface area contributed by atoms with Gasteiger partial charge in [-0.2, -0.15) is 0 Å². The summed E-state index contributed by atoms with van der Waals surface area (Å²) in [5, 5.41) is 11.8. The number of piperidine rings is 1.